The van der Waals surface area contributed by atoms with Crippen LogP contribution in [-0.4, -0.2) is 7.11 Å². The molecule has 0 radical (unpaired) electrons. The smallest absolute Gasteiger partial charge is 0.114 e. The zero-order valence-corrected chi connectivity index (χ0v) is 6.89. The first-order valence-electron chi connectivity index (χ1n) is 3.71. The van der Waals surface area contributed by atoms with Crippen molar-refractivity contribution in [3.05, 3.63) is 24.5 Å². The predicted octanol–water partition coefficient (Wildman–Crippen LogP) is 2.89. The third kappa shape index (κ3) is 4.19. The van der Waals surface area contributed by atoms with Crippen LogP contribution in [0.3, 0.4) is 0 Å². The number of rotatable bonds is 5. The molecule has 0 heterocycles. The fraction of sp³-hybridized carbons (Fsp3) is 0.556. The normalized spacial score (nSPS) is 11.2. The van der Waals surface area contributed by atoms with Crippen LogP contribution in [0.25, 0.3) is 0 Å². The van der Waals surface area contributed by atoms with Gasteiger partial charge < -0.3 is 4.74 Å². The summed E-state index contributed by atoms with van der Waals surface area (Å²) in [5, 5.41) is 0. The number of unbranched alkanes of at least 4 members (excludes halogenated alkanes) is 2. The summed E-state index contributed by atoms with van der Waals surface area (Å²) >= 11 is 0. The van der Waals surface area contributed by atoms with Crippen LogP contribution in [0, 0.1) is 0 Å². The van der Waals surface area contributed by atoms with E-state index in [4.69, 9.17) is 4.74 Å². The van der Waals surface area contributed by atoms with E-state index < -0.39 is 0 Å². The van der Waals surface area contributed by atoms with Gasteiger partial charge in [0.25, 0.3) is 0 Å². The minimum atomic E-state index is 0.883. The summed E-state index contributed by atoms with van der Waals surface area (Å²) in [5.74, 6) is 0.883. The molecule has 0 rings (SSSR count). The quantitative estimate of drug-likeness (QED) is 0.324. The summed E-state index contributed by atoms with van der Waals surface area (Å²) in [6.45, 7) is 5.79. The SMILES string of the molecule is C=CC(=CCCCC)OC. The van der Waals surface area contributed by atoms with Crippen LogP contribution in [0.4, 0.5) is 0 Å². The highest BCUT2D eigenvalue weighted by Crippen LogP contribution is 2.02. The third-order valence-corrected chi connectivity index (χ3v) is 1.34. The summed E-state index contributed by atoms with van der Waals surface area (Å²) in [7, 11) is 1.67. The topological polar surface area (TPSA) is 9.23 Å². The van der Waals surface area contributed by atoms with E-state index in [2.05, 4.69) is 19.6 Å². The second-order valence-electron chi connectivity index (χ2n) is 2.16. The lowest BCUT2D eigenvalue weighted by Gasteiger charge is -1.97. The van der Waals surface area contributed by atoms with E-state index >= 15 is 0 Å². The van der Waals surface area contributed by atoms with Crippen molar-refractivity contribution in [2.24, 2.45) is 0 Å². The molecule has 0 amide bonds. The number of methoxy groups -OCH3 is 1. The van der Waals surface area contributed by atoms with Gasteiger partial charge in [-0.05, 0) is 25.0 Å². The van der Waals surface area contributed by atoms with Gasteiger partial charge in [0.1, 0.15) is 5.76 Å². The molecule has 10 heavy (non-hydrogen) atoms. The first kappa shape index (κ1) is 9.28. The van der Waals surface area contributed by atoms with Crippen LogP contribution in [0.5, 0.6) is 0 Å². The minimum Gasteiger partial charge on any atom is -0.497 e. The van der Waals surface area contributed by atoms with Crippen LogP contribution in [-0.2, 0) is 4.74 Å². The van der Waals surface area contributed by atoms with Gasteiger partial charge in [-0.1, -0.05) is 19.9 Å². The van der Waals surface area contributed by atoms with Crippen LogP contribution in [0.1, 0.15) is 26.2 Å². The lowest BCUT2D eigenvalue weighted by atomic mass is 10.2. The van der Waals surface area contributed by atoms with Gasteiger partial charge in [-0.25, -0.2) is 0 Å². The number of ether oxygens (including phenoxy) is 1. The molecule has 58 valence electrons. The molecule has 0 N–H and O–H groups in total. The summed E-state index contributed by atoms with van der Waals surface area (Å²) < 4.78 is 4.99. The average Bonchev–Trinajstić information content (AvgIpc) is 1.99. The average molecular weight is 140 g/mol. The van der Waals surface area contributed by atoms with E-state index in [-0.39, 0.29) is 0 Å². The lowest BCUT2D eigenvalue weighted by molar-refractivity contribution is 0.305. The Kier molecular flexibility index (Phi) is 5.94. The Labute approximate surface area is 63.4 Å². The van der Waals surface area contributed by atoms with E-state index in [0.717, 1.165) is 12.2 Å². The van der Waals surface area contributed by atoms with E-state index in [9.17, 15) is 0 Å². The highest BCUT2D eigenvalue weighted by molar-refractivity contribution is 5.07. The Bertz CT molecular complexity index is 114. The molecule has 0 atom stereocenters. The van der Waals surface area contributed by atoms with E-state index in [1.54, 1.807) is 13.2 Å². The van der Waals surface area contributed by atoms with Gasteiger partial charge in [0, 0.05) is 0 Å². The molecule has 0 aromatic rings. The molecular weight excluding hydrogens is 124 g/mol. The van der Waals surface area contributed by atoms with Gasteiger partial charge in [-0.2, -0.15) is 0 Å². The van der Waals surface area contributed by atoms with Crippen molar-refractivity contribution in [1.82, 2.24) is 0 Å². The first-order chi connectivity index (χ1) is 4.85. The molecule has 0 aliphatic carbocycles. The second-order valence-corrected chi connectivity index (χ2v) is 2.16. The molecular formula is C9H16O. The zero-order valence-electron chi connectivity index (χ0n) is 6.89. The van der Waals surface area contributed by atoms with Crippen molar-refractivity contribution in [2.75, 3.05) is 7.11 Å². The molecule has 0 aliphatic rings. The third-order valence-electron chi connectivity index (χ3n) is 1.34. The molecule has 1 heteroatoms. The van der Waals surface area contributed by atoms with Gasteiger partial charge in [-0.15, -0.1) is 0 Å². The first-order valence-corrected chi connectivity index (χ1v) is 3.71. The Morgan fingerprint density at radius 2 is 2.30 bits per heavy atom. The van der Waals surface area contributed by atoms with Crippen molar-refractivity contribution in [3.63, 3.8) is 0 Å². The molecule has 0 aliphatic heterocycles. The highest BCUT2D eigenvalue weighted by atomic mass is 16.5. The Morgan fingerprint density at radius 3 is 2.70 bits per heavy atom. The summed E-state index contributed by atoms with van der Waals surface area (Å²) in [5.41, 5.74) is 0. The van der Waals surface area contributed by atoms with E-state index in [1.807, 2.05) is 0 Å². The molecule has 0 bridgehead atoms. The molecule has 0 aromatic carbocycles. The lowest BCUT2D eigenvalue weighted by Crippen LogP contribution is -1.80. The number of hydrogen-bond donors (Lipinski definition) is 0. The Morgan fingerprint density at radius 1 is 1.60 bits per heavy atom. The molecule has 0 spiro atoms. The summed E-state index contributed by atoms with van der Waals surface area (Å²) in [6, 6.07) is 0. The van der Waals surface area contributed by atoms with Crippen molar-refractivity contribution in [2.45, 2.75) is 26.2 Å². The van der Waals surface area contributed by atoms with Gasteiger partial charge in [0.2, 0.25) is 0 Å². The largest absolute Gasteiger partial charge is 0.497 e. The van der Waals surface area contributed by atoms with Crippen LogP contribution in [0.15, 0.2) is 24.5 Å². The zero-order chi connectivity index (χ0) is 7.82. The molecule has 0 unspecified atom stereocenters. The fourth-order valence-electron chi connectivity index (χ4n) is 0.698. The van der Waals surface area contributed by atoms with Gasteiger partial charge in [-0.3, -0.25) is 0 Å². The predicted molar refractivity (Wildman–Crippen MR) is 44.8 cm³/mol. The molecule has 1 nitrogen and oxygen atoms in total. The van der Waals surface area contributed by atoms with Gasteiger partial charge in [0.05, 0.1) is 7.11 Å². The maximum absolute atomic E-state index is 4.99. The van der Waals surface area contributed by atoms with Gasteiger partial charge >= 0.3 is 0 Å². The fourth-order valence-corrected chi connectivity index (χ4v) is 0.698. The maximum Gasteiger partial charge on any atom is 0.114 e. The van der Waals surface area contributed by atoms with E-state index in [1.165, 1.54) is 12.8 Å². The van der Waals surface area contributed by atoms with Crippen molar-refractivity contribution < 1.29 is 4.74 Å². The number of allylic oxidation sites excluding steroid dienone is 2. The number of hydrogen-bond acceptors (Lipinski definition) is 1. The van der Waals surface area contributed by atoms with Crippen LogP contribution in [0.2, 0.25) is 0 Å². The van der Waals surface area contributed by atoms with Crippen LogP contribution >= 0.6 is 0 Å². The molecule has 0 saturated carbocycles. The van der Waals surface area contributed by atoms with Crippen molar-refractivity contribution in [1.29, 1.82) is 0 Å². The van der Waals surface area contributed by atoms with Crippen molar-refractivity contribution in [3.8, 4) is 0 Å². The Hall–Kier alpha value is -0.720. The van der Waals surface area contributed by atoms with Crippen LogP contribution < -0.4 is 0 Å². The minimum absolute atomic E-state index is 0.883. The summed E-state index contributed by atoms with van der Waals surface area (Å²) in [4.78, 5) is 0. The Balaban J connectivity index is 3.53. The standard InChI is InChI=1S/C9H16O/c1-4-6-7-8-9(5-2)10-3/h5,8H,2,4,6-7H2,1,3H3. The summed E-state index contributed by atoms with van der Waals surface area (Å²) in [6.07, 6.45) is 7.34. The molecule has 0 aromatic heterocycles. The monoisotopic (exact) mass is 140 g/mol. The maximum atomic E-state index is 4.99. The molecule has 0 saturated heterocycles. The van der Waals surface area contributed by atoms with Crippen molar-refractivity contribution >= 4 is 0 Å². The molecule has 0 fully saturated rings. The highest BCUT2D eigenvalue weighted by Gasteiger charge is 1.85. The van der Waals surface area contributed by atoms with Gasteiger partial charge in [0.15, 0.2) is 0 Å². The second kappa shape index (κ2) is 6.40. The van der Waals surface area contributed by atoms with E-state index in [0.29, 0.717) is 0 Å².